The molecule has 3 aromatic rings. The number of hydroxylamine groups is 2. The number of carbonyl (C=O) groups is 3. The van der Waals surface area contributed by atoms with Crippen LogP contribution in [0.15, 0.2) is 41.8 Å². The number of nitrogens with zero attached hydrogens (tertiary/aromatic N) is 1. The minimum atomic E-state index is -0.685. The average molecular weight is 521 g/mol. The highest BCUT2D eigenvalue weighted by Gasteiger charge is 2.33. The third-order valence-corrected chi connectivity index (χ3v) is 8.32. The Hall–Kier alpha value is -2.33. The number of hydrogen-bond donors (Lipinski definition) is 1. The summed E-state index contributed by atoms with van der Waals surface area (Å²) >= 11 is 4.62. The van der Waals surface area contributed by atoms with Crippen molar-refractivity contribution in [1.29, 1.82) is 0 Å². The maximum Gasteiger partial charge on any atom is 0.373 e. The lowest BCUT2D eigenvalue weighted by molar-refractivity contribution is -0.172. The molecule has 1 saturated heterocycles. The molecule has 0 aromatic carbocycles. The average Bonchev–Trinajstić information content (AvgIpc) is 3.61. The molecule has 1 aliphatic rings. The first-order valence-corrected chi connectivity index (χ1v) is 13.6. The van der Waals surface area contributed by atoms with Crippen LogP contribution in [0.25, 0.3) is 19.5 Å². The topological polar surface area (TPSA) is 89.7 Å². The molecule has 0 spiro atoms. The highest BCUT2D eigenvalue weighted by Crippen LogP contribution is 2.39. The van der Waals surface area contributed by atoms with Gasteiger partial charge in [-0.25, -0.2) is 4.79 Å². The van der Waals surface area contributed by atoms with Crippen molar-refractivity contribution in [3.8, 4) is 19.5 Å². The lowest BCUT2D eigenvalue weighted by Gasteiger charge is -2.11. The van der Waals surface area contributed by atoms with Crippen LogP contribution in [0.3, 0.4) is 0 Å². The van der Waals surface area contributed by atoms with Crippen LogP contribution in [0.2, 0.25) is 0 Å². The number of hydrogen-bond acceptors (Lipinski definition) is 8. The van der Waals surface area contributed by atoms with Crippen molar-refractivity contribution >= 4 is 51.8 Å². The van der Waals surface area contributed by atoms with Crippen molar-refractivity contribution < 1.29 is 19.2 Å². The lowest BCUT2D eigenvalue weighted by Crippen LogP contribution is -2.31. The van der Waals surface area contributed by atoms with Gasteiger partial charge in [0, 0.05) is 32.4 Å². The Kier molecular flexibility index (Phi) is 11.6. The van der Waals surface area contributed by atoms with Crippen molar-refractivity contribution in [3.63, 3.8) is 0 Å². The van der Waals surface area contributed by atoms with Gasteiger partial charge in [0.15, 0.2) is 0 Å². The molecule has 9 heteroatoms. The summed E-state index contributed by atoms with van der Waals surface area (Å²) in [5, 5.41) is 2.61. The number of thiophene rings is 3. The van der Waals surface area contributed by atoms with Gasteiger partial charge in [0.05, 0.1) is 0 Å². The number of imide groups is 1. The van der Waals surface area contributed by atoms with Crippen LogP contribution in [-0.2, 0) is 14.4 Å². The van der Waals surface area contributed by atoms with Gasteiger partial charge in [0.1, 0.15) is 4.88 Å². The summed E-state index contributed by atoms with van der Waals surface area (Å²) in [6.45, 7) is 3.09. The van der Waals surface area contributed by atoms with E-state index in [1.54, 1.807) is 28.7 Å². The maximum atomic E-state index is 12.2. The second-order valence-corrected chi connectivity index (χ2v) is 10.6. The van der Waals surface area contributed by atoms with E-state index in [2.05, 4.69) is 19.1 Å². The predicted octanol–water partition coefficient (Wildman–Crippen LogP) is 6.98. The number of unbranched alkanes of at least 4 members (excludes halogenated alkanes) is 4. The van der Waals surface area contributed by atoms with E-state index in [9.17, 15) is 14.4 Å². The fourth-order valence-electron chi connectivity index (χ4n) is 3.14. The third-order valence-electron chi connectivity index (χ3n) is 4.91. The first-order chi connectivity index (χ1) is 16.0. The van der Waals surface area contributed by atoms with Crippen LogP contribution in [-0.4, -0.2) is 29.4 Å². The molecule has 0 radical (unpaired) electrons. The summed E-state index contributed by atoms with van der Waals surface area (Å²) < 4.78 is 0. The largest absolute Gasteiger partial charge is 0.373 e. The quantitative estimate of drug-likeness (QED) is 0.243. The molecular weight excluding hydrogens is 488 g/mol. The van der Waals surface area contributed by atoms with Crippen LogP contribution in [0.4, 0.5) is 0 Å². The second-order valence-electron chi connectivity index (χ2n) is 7.47. The van der Waals surface area contributed by atoms with Gasteiger partial charge in [-0.2, -0.15) is 0 Å². The normalized spacial score (nSPS) is 12.8. The Balaban J connectivity index is 0.000000394. The van der Waals surface area contributed by atoms with Gasteiger partial charge < -0.3 is 10.6 Å². The molecule has 6 nitrogen and oxygen atoms in total. The van der Waals surface area contributed by atoms with Crippen LogP contribution < -0.4 is 5.73 Å². The van der Waals surface area contributed by atoms with E-state index in [4.69, 9.17) is 10.6 Å². The Morgan fingerprint density at radius 3 is 2.15 bits per heavy atom. The summed E-state index contributed by atoms with van der Waals surface area (Å²) in [7, 11) is 0. The zero-order chi connectivity index (χ0) is 23.6. The number of amides is 2. The maximum absolute atomic E-state index is 12.2. The molecule has 184 valence electrons. The molecule has 0 saturated carbocycles. The third kappa shape index (κ3) is 7.59. The molecule has 0 unspecified atom stereocenters. The number of nitrogens with two attached hydrogens (primary N) is 1. The Morgan fingerprint density at radius 1 is 0.912 bits per heavy atom. The van der Waals surface area contributed by atoms with Crippen LogP contribution >= 0.6 is 34.0 Å². The van der Waals surface area contributed by atoms with Gasteiger partial charge in [0.25, 0.3) is 11.8 Å². The zero-order valence-electron chi connectivity index (χ0n) is 18.6. The van der Waals surface area contributed by atoms with Gasteiger partial charge >= 0.3 is 5.97 Å². The SMILES string of the molecule is C.CCCCCCCN.O=C(ON1C(=O)CCC1=O)c1ccc(-c2ccc(-c3cccs3)s2)s1. The predicted molar refractivity (Wildman–Crippen MR) is 142 cm³/mol. The minimum absolute atomic E-state index is 0. The van der Waals surface area contributed by atoms with E-state index >= 15 is 0 Å². The summed E-state index contributed by atoms with van der Waals surface area (Å²) in [5.74, 6) is -1.64. The smallest absolute Gasteiger partial charge is 0.330 e. The first kappa shape index (κ1) is 27.9. The highest BCUT2D eigenvalue weighted by atomic mass is 32.1. The van der Waals surface area contributed by atoms with Crippen LogP contribution in [0.1, 0.15) is 69.0 Å². The van der Waals surface area contributed by atoms with Gasteiger partial charge in [-0.3, -0.25) is 9.59 Å². The summed E-state index contributed by atoms with van der Waals surface area (Å²) in [6.07, 6.45) is 6.77. The minimum Gasteiger partial charge on any atom is -0.330 e. The van der Waals surface area contributed by atoms with Crippen LogP contribution in [0, 0.1) is 0 Å². The van der Waals surface area contributed by atoms with E-state index in [0.29, 0.717) is 9.94 Å². The molecule has 1 aliphatic heterocycles. The summed E-state index contributed by atoms with van der Waals surface area (Å²) in [6, 6.07) is 11.7. The Morgan fingerprint density at radius 2 is 1.53 bits per heavy atom. The van der Waals surface area contributed by atoms with E-state index in [-0.39, 0.29) is 20.3 Å². The van der Waals surface area contributed by atoms with E-state index in [1.807, 2.05) is 23.6 Å². The van der Waals surface area contributed by atoms with E-state index in [1.165, 1.54) is 53.2 Å². The molecule has 2 N–H and O–H groups in total. The summed E-state index contributed by atoms with van der Waals surface area (Å²) in [5.41, 5.74) is 5.31. The molecular formula is C25H32N2O4S3. The molecule has 3 aromatic heterocycles. The van der Waals surface area contributed by atoms with Gasteiger partial charge in [-0.05, 0) is 48.7 Å². The van der Waals surface area contributed by atoms with Crippen molar-refractivity contribution in [3.05, 3.63) is 46.7 Å². The molecule has 34 heavy (non-hydrogen) atoms. The van der Waals surface area contributed by atoms with Crippen molar-refractivity contribution in [2.24, 2.45) is 5.73 Å². The number of rotatable bonds is 9. The molecule has 1 fully saturated rings. The molecule has 4 rings (SSSR count). The molecule has 2 amide bonds. The lowest BCUT2D eigenvalue weighted by atomic mass is 10.2. The van der Waals surface area contributed by atoms with E-state index < -0.39 is 17.8 Å². The summed E-state index contributed by atoms with van der Waals surface area (Å²) in [4.78, 5) is 44.9. The van der Waals surface area contributed by atoms with Gasteiger partial charge in [0.2, 0.25) is 0 Å². The van der Waals surface area contributed by atoms with Crippen molar-refractivity contribution in [2.45, 2.75) is 59.3 Å². The zero-order valence-corrected chi connectivity index (χ0v) is 21.0. The monoisotopic (exact) mass is 520 g/mol. The molecule has 0 atom stereocenters. The van der Waals surface area contributed by atoms with Crippen molar-refractivity contribution in [1.82, 2.24) is 5.06 Å². The molecule has 0 bridgehead atoms. The van der Waals surface area contributed by atoms with Gasteiger partial charge in [-0.1, -0.05) is 46.1 Å². The first-order valence-electron chi connectivity index (χ1n) is 11.1. The fraction of sp³-hybridized carbons (Fsp3) is 0.400. The van der Waals surface area contributed by atoms with Crippen LogP contribution in [0.5, 0.6) is 0 Å². The highest BCUT2D eigenvalue weighted by molar-refractivity contribution is 7.26. The number of carbonyl (C=O) groups excluding carboxylic acids is 3. The molecule has 4 heterocycles. The second kappa shape index (κ2) is 14.2. The standard InChI is InChI=1S/C17H11NO4S3.C7H17N.CH4/c19-15-7-8-16(20)18(15)22-17(21)14-6-5-13(25-14)12-4-3-11(24-12)10-2-1-9-23-10;1-2-3-4-5-6-7-8;/h1-6,9H,7-8H2;2-8H2,1H3;1H4. The fourth-order valence-corrected chi connectivity index (χ4v) is 5.94. The Labute approximate surface area is 213 Å². The van der Waals surface area contributed by atoms with Crippen molar-refractivity contribution in [2.75, 3.05) is 6.54 Å². The molecule has 0 aliphatic carbocycles. The Bertz CT molecular complexity index is 1030. The van der Waals surface area contributed by atoms with E-state index in [0.717, 1.165) is 16.3 Å². The van der Waals surface area contributed by atoms with Gasteiger partial charge in [-0.15, -0.1) is 39.1 Å².